The molecule has 0 bridgehead atoms. The number of nitro groups is 1. The summed E-state index contributed by atoms with van der Waals surface area (Å²) in [6.07, 6.45) is 1.77. The van der Waals surface area contributed by atoms with Crippen molar-refractivity contribution in [3.05, 3.63) is 52.7 Å². The molecule has 1 heterocycles. The highest BCUT2D eigenvalue weighted by Crippen LogP contribution is 2.32. The van der Waals surface area contributed by atoms with Crippen LogP contribution in [0.2, 0.25) is 0 Å². The number of ether oxygens (including phenoxy) is 1. The predicted octanol–water partition coefficient (Wildman–Crippen LogP) is 3.12. The number of rotatable bonds is 8. The topological polar surface area (TPSA) is 97.6 Å². The first kappa shape index (κ1) is 18.2. The molecule has 0 saturated heterocycles. The molecule has 8 nitrogen and oxygen atoms in total. The van der Waals surface area contributed by atoms with Crippen LogP contribution in [0.4, 0.5) is 22.9 Å². The maximum atomic E-state index is 11.7. The number of benzene rings is 1. The van der Waals surface area contributed by atoms with Crippen molar-refractivity contribution in [3.63, 3.8) is 0 Å². The standard InChI is InChI=1S/C17H20N4O4/c1-3-25-17(22)9-11-20(16-6-4-5-10-19-16)13-7-8-14(18-2)15(12-13)21(23)24/h4-8,10,12,18H,3,9,11H2,1-2H3. The van der Waals surface area contributed by atoms with E-state index >= 15 is 0 Å². The van der Waals surface area contributed by atoms with E-state index in [2.05, 4.69) is 10.3 Å². The molecule has 1 aromatic carbocycles. The van der Waals surface area contributed by atoms with Crippen LogP contribution in [0, 0.1) is 10.1 Å². The Kier molecular flexibility index (Phi) is 6.27. The largest absolute Gasteiger partial charge is 0.466 e. The third-order valence-electron chi connectivity index (χ3n) is 3.53. The summed E-state index contributed by atoms with van der Waals surface area (Å²) in [5.74, 6) is 0.267. The average molecular weight is 344 g/mol. The molecule has 0 unspecified atom stereocenters. The predicted molar refractivity (Wildman–Crippen MR) is 95.1 cm³/mol. The van der Waals surface area contributed by atoms with Crippen molar-refractivity contribution in [2.24, 2.45) is 0 Å². The Morgan fingerprint density at radius 3 is 2.76 bits per heavy atom. The Labute approximate surface area is 145 Å². The van der Waals surface area contributed by atoms with Gasteiger partial charge in [0.05, 0.1) is 18.0 Å². The summed E-state index contributed by atoms with van der Waals surface area (Å²) < 4.78 is 4.96. The van der Waals surface area contributed by atoms with E-state index in [4.69, 9.17) is 4.74 Å². The average Bonchev–Trinajstić information content (AvgIpc) is 2.62. The van der Waals surface area contributed by atoms with Gasteiger partial charge in [0.25, 0.3) is 5.69 Å². The quantitative estimate of drug-likeness (QED) is 0.446. The molecule has 1 N–H and O–H groups in total. The second-order valence-corrected chi connectivity index (χ2v) is 5.10. The summed E-state index contributed by atoms with van der Waals surface area (Å²) in [6.45, 7) is 2.35. The fourth-order valence-corrected chi connectivity index (χ4v) is 2.38. The first-order valence-corrected chi connectivity index (χ1v) is 7.87. The lowest BCUT2D eigenvalue weighted by molar-refractivity contribution is -0.383. The van der Waals surface area contributed by atoms with Crippen LogP contribution in [0.5, 0.6) is 0 Å². The number of hydrogen-bond donors (Lipinski definition) is 1. The zero-order valence-electron chi connectivity index (χ0n) is 14.1. The number of nitrogens with one attached hydrogen (secondary N) is 1. The van der Waals surface area contributed by atoms with Crippen molar-refractivity contribution in [2.45, 2.75) is 13.3 Å². The summed E-state index contributed by atoms with van der Waals surface area (Å²) in [5, 5.41) is 14.1. The third kappa shape index (κ3) is 4.66. The SMILES string of the molecule is CCOC(=O)CCN(c1ccc(NC)c([N+](=O)[O-])c1)c1ccccn1. The van der Waals surface area contributed by atoms with Gasteiger partial charge in [0.1, 0.15) is 11.5 Å². The van der Waals surface area contributed by atoms with Gasteiger partial charge < -0.3 is 15.0 Å². The van der Waals surface area contributed by atoms with E-state index in [1.165, 1.54) is 6.07 Å². The Morgan fingerprint density at radius 2 is 2.16 bits per heavy atom. The fraction of sp³-hybridized carbons (Fsp3) is 0.294. The molecule has 0 fully saturated rings. The highest BCUT2D eigenvalue weighted by molar-refractivity contribution is 5.74. The molecule has 8 heteroatoms. The molecule has 2 rings (SSSR count). The minimum absolute atomic E-state index is 0.0444. The number of nitrogens with zero attached hydrogens (tertiary/aromatic N) is 3. The van der Waals surface area contributed by atoms with E-state index in [0.717, 1.165) is 0 Å². The number of anilines is 3. The van der Waals surface area contributed by atoms with Crippen LogP contribution in [-0.4, -0.2) is 36.1 Å². The number of aromatic nitrogens is 1. The number of esters is 1. The third-order valence-corrected chi connectivity index (χ3v) is 3.53. The van der Waals surface area contributed by atoms with Crippen LogP contribution in [0.1, 0.15) is 13.3 Å². The molecule has 0 aliphatic carbocycles. The molecular weight excluding hydrogens is 324 g/mol. The number of carbonyl (C=O) groups excluding carboxylic acids is 1. The van der Waals surface area contributed by atoms with Crippen molar-refractivity contribution >= 4 is 28.8 Å². The summed E-state index contributed by atoms with van der Waals surface area (Å²) in [7, 11) is 1.62. The highest BCUT2D eigenvalue weighted by atomic mass is 16.6. The van der Waals surface area contributed by atoms with Crippen molar-refractivity contribution in [3.8, 4) is 0 Å². The van der Waals surface area contributed by atoms with Crippen LogP contribution < -0.4 is 10.2 Å². The number of carbonyl (C=O) groups is 1. The van der Waals surface area contributed by atoms with E-state index in [1.807, 2.05) is 6.07 Å². The van der Waals surface area contributed by atoms with Gasteiger partial charge in [-0.25, -0.2) is 4.98 Å². The smallest absolute Gasteiger partial charge is 0.307 e. The maximum Gasteiger partial charge on any atom is 0.307 e. The number of pyridine rings is 1. The fourth-order valence-electron chi connectivity index (χ4n) is 2.38. The van der Waals surface area contributed by atoms with Crippen molar-refractivity contribution in [1.82, 2.24) is 4.98 Å². The Bertz CT molecular complexity index is 737. The second kappa shape index (κ2) is 8.62. The second-order valence-electron chi connectivity index (χ2n) is 5.10. The van der Waals surface area contributed by atoms with Gasteiger partial charge in [-0.3, -0.25) is 14.9 Å². The van der Waals surface area contributed by atoms with Crippen LogP contribution in [-0.2, 0) is 9.53 Å². The zero-order chi connectivity index (χ0) is 18.2. The molecule has 0 radical (unpaired) electrons. The van der Waals surface area contributed by atoms with Crippen LogP contribution in [0.15, 0.2) is 42.6 Å². The van der Waals surface area contributed by atoms with Gasteiger partial charge in [-0.1, -0.05) is 6.07 Å². The number of hydrogen-bond acceptors (Lipinski definition) is 7. The Morgan fingerprint density at radius 1 is 1.36 bits per heavy atom. The first-order valence-electron chi connectivity index (χ1n) is 7.87. The normalized spacial score (nSPS) is 10.2. The van der Waals surface area contributed by atoms with Gasteiger partial charge in [-0.2, -0.15) is 0 Å². The van der Waals surface area contributed by atoms with Gasteiger partial charge in [0.2, 0.25) is 0 Å². The molecular formula is C17H20N4O4. The van der Waals surface area contributed by atoms with Crippen LogP contribution in [0.3, 0.4) is 0 Å². The van der Waals surface area contributed by atoms with E-state index < -0.39 is 4.92 Å². The van der Waals surface area contributed by atoms with Crippen molar-refractivity contribution in [2.75, 3.05) is 30.4 Å². The lowest BCUT2D eigenvalue weighted by Gasteiger charge is -2.23. The molecule has 0 spiro atoms. The maximum absolute atomic E-state index is 11.7. The minimum Gasteiger partial charge on any atom is -0.466 e. The highest BCUT2D eigenvalue weighted by Gasteiger charge is 2.19. The lowest BCUT2D eigenvalue weighted by atomic mass is 10.2. The molecule has 132 valence electrons. The minimum atomic E-state index is -0.447. The van der Waals surface area contributed by atoms with E-state index in [-0.39, 0.29) is 18.1 Å². The molecule has 25 heavy (non-hydrogen) atoms. The number of nitro benzene ring substituents is 1. The van der Waals surface area contributed by atoms with Gasteiger partial charge in [0, 0.05) is 31.5 Å². The first-order chi connectivity index (χ1) is 12.1. The molecule has 0 atom stereocenters. The lowest BCUT2D eigenvalue weighted by Crippen LogP contribution is -2.23. The van der Waals surface area contributed by atoms with E-state index in [1.54, 1.807) is 49.3 Å². The molecule has 0 saturated carbocycles. The Hall–Kier alpha value is -3.16. The van der Waals surface area contributed by atoms with Crippen LogP contribution >= 0.6 is 0 Å². The summed E-state index contributed by atoms with van der Waals surface area (Å²) >= 11 is 0. The van der Waals surface area contributed by atoms with E-state index in [0.29, 0.717) is 30.3 Å². The molecule has 2 aromatic rings. The molecule has 0 aliphatic rings. The van der Waals surface area contributed by atoms with Crippen LogP contribution in [0.25, 0.3) is 0 Å². The summed E-state index contributed by atoms with van der Waals surface area (Å²) in [5.41, 5.74) is 0.950. The van der Waals surface area contributed by atoms with Gasteiger partial charge in [0.15, 0.2) is 0 Å². The van der Waals surface area contributed by atoms with Gasteiger partial charge in [-0.05, 0) is 31.2 Å². The van der Waals surface area contributed by atoms with Crippen molar-refractivity contribution < 1.29 is 14.5 Å². The summed E-state index contributed by atoms with van der Waals surface area (Å²) in [4.78, 5) is 28.6. The van der Waals surface area contributed by atoms with Gasteiger partial charge >= 0.3 is 5.97 Å². The molecule has 0 aliphatic heterocycles. The zero-order valence-corrected chi connectivity index (χ0v) is 14.1. The monoisotopic (exact) mass is 344 g/mol. The van der Waals surface area contributed by atoms with Gasteiger partial charge in [-0.15, -0.1) is 0 Å². The van der Waals surface area contributed by atoms with E-state index in [9.17, 15) is 14.9 Å². The molecule has 1 aromatic heterocycles. The summed E-state index contributed by atoms with van der Waals surface area (Å²) in [6, 6.07) is 10.2. The Balaban J connectivity index is 2.36. The molecule has 0 amide bonds. The van der Waals surface area contributed by atoms with Crippen molar-refractivity contribution in [1.29, 1.82) is 0 Å².